The molecule has 4 rings (SSSR count). The highest BCUT2D eigenvalue weighted by molar-refractivity contribution is 5.76. The first-order valence-corrected chi connectivity index (χ1v) is 5.80. The Morgan fingerprint density at radius 1 is 0.750 bits per heavy atom. The third-order valence-electron chi connectivity index (χ3n) is 3.77. The van der Waals surface area contributed by atoms with Crippen LogP contribution in [0.5, 0.6) is 0 Å². The molecule has 1 aromatic rings. The standard InChI is InChI=1S/C16H12/c1-2-4-13-10-15-8-6-11-5-7-14(16(11)15)9-12(13)3-1/h1-11,16H. The molecule has 0 N–H and O–H groups in total. The van der Waals surface area contributed by atoms with Crippen LogP contribution in [0.1, 0.15) is 11.1 Å². The van der Waals surface area contributed by atoms with Crippen LogP contribution >= 0.6 is 0 Å². The molecule has 0 saturated carbocycles. The lowest BCUT2D eigenvalue weighted by Gasteiger charge is -2.11. The first-order chi connectivity index (χ1) is 7.92. The van der Waals surface area contributed by atoms with Gasteiger partial charge in [-0.25, -0.2) is 0 Å². The van der Waals surface area contributed by atoms with E-state index in [0.29, 0.717) is 11.8 Å². The smallest absolute Gasteiger partial charge is 0.0187 e. The maximum atomic E-state index is 2.34. The second-order valence-electron chi connectivity index (χ2n) is 4.69. The van der Waals surface area contributed by atoms with Gasteiger partial charge in [-0.15, -0.1) is 0 Å². The normalized spacial score (nSPS) is 28.2. The third kappa shape index (κ3) is 0.992. The van der Waals surface area contributed by atoms with Crippen LogP contribution in [0.2, 0.25) is 0 Å². The zero-order valence-corrected chi connectivity index (χ0v) is 8.93. The van der Waals surface area contributed by atoms with E-state index < -0.39 is 0 Å². The van der Waals surface area contributed by atoms with Gasteiger partial charge in [0.05, 0.1) is 0 Å². The molecule has 0 amide bonds. The number of fused-ring (bicyclic) bond motifs is 1. The number of benzene rings is 1. The van der Waals surface area contributed by atoms with Crippen LogP contribution < -0.4 is 0 Å². The average Bonchev–Trinajstić information content (AvgIpc) is 2.82. The lowest BCUT2D eigenvalue weighted by Crippen LogP contribution is -2.03. The van der Waals surface area contributed by atoms with Gasteiger partial charge in [-0.05, 0) is 22.3 Å². The van der Waals surface area contributed by atoms with Gasteiger partial charge in [0.15, 0.2) is 0 Å². The Kier molecular flexibility index (Phi) is 1.49. The molecule has 0 aliphatic heterocycles. The van der Waals surface area contributed by atoms with Gasteiger partial charge >= 0.3 is 0 Å². The van der Waals surface area contributed by atoms with Crippen molar-refractivity contribution in [3.05, 3.63) is 70.8 Å². The van der Waals surface area contributed by atoms with Crippen LogP contribution in [0.3, 0.4) is 0 Å². The number of hydrogen-bond donors (Lipinski definition) is 0. The van der Waals surface area contributed by atoms with Crippen molar-refractivity contribution in [1.82, 2.24) is 0 Å². The molecule has 0 unspecified atom stereocenters. The molecule has 3 aliphatic rings. The van der Waals surface area contributed by atoms with Crippen molar-refractivity contribution in [3.8, 4) is 0 Å². The van der Waals surface area contributed by atoms with Gasteiger partial charge in [0.1, 0.15) is 0 Å². The van der Waals surface area contributed by atoms with E-state index in [9.17, 15) is 0 Å². The zero-order chi connectivity index (χ0) is 10.5. The SMILES string of the molecule is C1=CC2C=CC3=Cc4ccccc4C=C1C32. The number of allylic oxidation sites excluding steroid dienone is 6. The fourth-order valence-electron chi connectivity index (χ4n) is 2.98. The zero-order valence-electron chi connectivity index (χ0n) is 8.93. The molecule has 1 aromatic carbocycles. The molecule has 0 heteroatoms. The lowest BCUT2D eigenvalue weighted by atomic mass is 9.91. The van der Waals surface area contributed by atoms with Gasteiger partial charge in [0.2, 0.25) is 0 Å². The third-order valence-corrected chi connectivity index (χ3v) is 3.77. The highest BCUT2D eigenvalue weighted by atomic mass is 14.4. The van der Waals surface area contributed by atoms with E-state index >= 15 is 0 Å². The fourth-order valence-corrected chi connectivity index (χ4v) is 2.98. The van der Waals surface area contributed by atoms with Gasteiger partial charge < -0.3 is 0 Å². The van der Waals surface area contributed by atoms with Crippen molar-refractivity contribution in [3.63, 3.8) is 0 Å². The summed E-state index contributed by atoms with van der Waals surface area (Å²) in [5, 5.41) is 0. The van der Waals surface area contributed by atoms with Crippen LogP contribution in [-0.2, 0) is 0 Å². The molecule has 0 saturated heterocycles. The number of rotatable bonds is 0. The van der Waals surface area contributed by atoms with E-state index in [1.807, 2.05) is 0 Å². The van der Waals surface area contributed by atoms with Gasteiger partial charge in [0, 0.05) is 11.8 Å². The van der Waals surface area contributed by atoms with E-state index in [1.165, 1.54) is 22.3 Å². The molecule has 0 bridgehead atoms. The summed E-state index contributed by atoms with van der Waals surface area (Å²) in [6.07, 6.45) is 13.9. The Morgan fingerprint density at radius 2 is 1.31 bits per heavy atom. The van der Waals surface area contributed by atoms with E-state index in [1.54, 1.807) is 0 Å². The Morgan fingerprint density at radius 3 is 1.88 bits per heavy atom. The molecular formula is C16H12. The summed E-state index contributed by atoms with van der Waals surface area (Å²) in [6, 6.07) is 8.62. The molecule has 0 nitrogen and oxygen atoms in total. The van der Waals surface area contributed by atoms with E-state index in [-0.39, 0.29) is 0 Å². The average molecular weight is 204 g/mol. The topological polar surface area (TPSA) is 0 Å². The molecular weight excluding hydrogens is 192 g/mol. The molecule has 16 heavy (non-hydrogen) atoms. The second-order valence-corrected chi connectivity index (χ2v) is 4.69. The molecule has 0 spiro atoms. The Hall–Kier alpha value is -1.82. The summed E-state index contributed by atoms with van der Waals surface area (Å²) in [4.78, 5) is 0. The Bertz CT molecular complexity index is 531. The maximum Gasteiger partial charge on any atom is 0.0187 e. The first kappa shape index (κ1) is 8.35. The Balaban J connectivity index is 2.03. The van der Waals surface area contributed by atoms with E-state index in [4.69, 9.17) is 0 Å². The molecule has 3 aliphatic carbocycles. The minimum absolute atomic E-state index is 0.590. The Labute approximate surface area is 95.3 Å². The van der Waals surface area contributed by atoms with Gasteiger partial charge in [-0.1, -0.05) is 60.7 Å². The van der Waals surface area contributed by atoms with Crippen LogP contribution in [0.15, 0.2) is 59.7 Å². The van der Waals surface area contributed by atoms with Crippen LogP contribution in [0.4, 0.5) is 0 Å². The second kappa shape index (κ2) is 2.85. The molecule has 0 radical (unpaired) electrons. The van der Waals surface area contributed by atoms with Crippen LogP contribution in [0, 0.1) is 11.8 Å². The molecule has 0 aromatic heterocycles. The van der Waals surface area contributed by atoms with Gasteiger partial charge in [-0.2, -0.15) is 0 Å². The molecule has 0 fully saturated rings. The van der Waals surface area contributed by atoms with E-state index in [0.717, 1.165) is 0 Å². The molecule has 76 valence electrons. The fraction of sp³-hybridized carbons (Fsp3) is 0.125. The van der Waals surface area contributed by atoms with Crippen molar-refractivity contribution < 1.29 is 0 Å². The number of hydrogen-bond acceptors (Lipinski definition) is 0. The van der Waals surface area contributed by atoms with Crippen molar-refractivity contribution in [2.75, 3.05) is 0 Å². The highest BCUT2D eigenvalue weighted by Crippen LogP contribution is 2.45. The minimum Gasteiger partial charge on any atom is -0.0764 e. The minimum atomic E-state index is 0.590. The van der Waals surface area contributed by atoms with Gasteiger partial charge in [0.25, 0.3) is 0 Å². The monoisotopic (exact) mass is 204 g/mol. The molecule has 0 atom stereocenters. The molecule has 0 heterocycles. The van der Waals surface area contributed by atoms with Crippen molar-refractivity contribution in [1.29, 1.82) is 0 Å². The maximum absolute atomic E-state index is 2.34. The highest BCUT2D eigenvalue weighted by Gasteiger charge is 2.32. The van der Waals surface area contributed by atoms with Crippen molar-refractivity contribution >= 4 is 12.2 Å². The van der Waals surface area contributed by atoms with Crippen LogP contribution in [-0.4, -0.2) is 0 Å². The van der Waals surface area contributed by atoms with Crippen LogP contribution in [0.25, 0.3) is 12.2 Å². The van der Waals surface area contributed by atoms with Gasteiger partial charge in [-0.3, -0.25) is 0 Å². The predicted molar refractivity (Wildman–Crippen MR) is 67.7 cm³/mol. The largest absolute Gasteiger partial charge is 0.0764 e. The lowest BCUT2D eigenvalue weighted by molar-refractivity contribution is 0.696. The summed E-state index contributed by atoms with van der Waals surface area (Å²) in [7, 11) is 0. The predicted octanol–water partition coefficient (Wildman–Crippen LogP) is 3.84. The first-order valence-electron chi connectivity index (χ1n) is 5.80. The van der Waals surface area contributed by atoms with Crippen molar-refractivity contribution in [2.45, 2.75) is 0 Å². The summed E-state index contributed by atoms with van der Waals surface area (Å²) < 4.78 is 0. The summed E-state index contributed by atoms with van der Waals surface area (Å²) >= 11 is 0. The van der Waals surface area contributed by atoms with E-state index in [2.05, 4.69) is 60.7 Å². The van der Waals surface area contributed by atoms with Crippen molar-refractivity contribution in [2.24, 2.45) is 11.8 Å². The summed E-state index contributed by atoms with van der Waals surface area (Å²) in [6.45, 7) is 0. The summed E-state index contributed by atoms with van der Waals surface area (Å²) in [5.74, 6) is 1.19. The summed E-state index contributed by atoms with van der Waals surface area (Å²) in [5.41, 5.74) is 5.62. The quantitative estimate of drug-likeness (QED) is 0.602.